The van der Waals surface area contributed by atoms with Crippen molar-refractivity contribution in [3.05, 3.63) is 34.1 Å². The quantitative estimate of drug-likeness (QED) is 0.925. The number of hydrogen-bond acceptors (Lipinski definition) is 3. The van der Waals surface area contributed by atoms with Crippen molar-refractivity contribution in [1.29, 1.82) is 0 Å². The van der Waals surface area contributed by atoms with Gasteiger partial charge in [0.05, 0.1) is 11.1 Å². The lowest BCUT2D eigenvalue weighted by Gasteiger charge is -2.17. The van der Waals surface area contributed by atoms with Crippen LogP contribution >= 0.6 is 15.9 Å². The molecule has 0 aromatic heterocycles. The molecule has 1 unspecified atom stereocenters. The molecule has 4 nitrogen and oxygen atoms in total. The minimum Gasteiger partial charge on any atom is -0.349 e. The van der Waals surface area contributed by atoms with Gasteiger partial charge >= 0.3 is 0 Å². The van der Waals surface area contributed by atoms with E-state index in [-0.39, 0.29) is 17.6 Å². The van der Waals surface area contributed by atoms with Crippen LogP contribution in [0.2, 0.25) is 0 Å². The first-order chi connectivity index (χ1) is 8.87. The molecule has 104 valence electrons. The van der Waals surface area contributed by atoms with E-state index in [1.807, 2.05) is 13.8 Å². The first-order valence-electron chi connectivity index (χ1n) is 5.92. The van der Waals surface area contributed by atoms with E-state index < -0.39 is 11.6 Å². The molecule has 1 fully saturated rings. The summed E-state index contributed by atoms with van der Waals surface area (Å²) in [6.07, 6.45) is -0.181. The summed E-state index contributed by atoms with van der Waals surface area (Å²) >= 11 is 3.04. The number of carbonyl (C=O) groups is 1. The largest absolute Gasteiger partial charge is 0.349 e. The van der Waals surface area contributed by atoms with E-state index in [1.54, 1.807) is 6.07 Å². The highest BCUT2D eigenvalue weighted by Gasteiger charge is 2.32. The smallest absolute Gasteiger partial charge is 0.251 e. The van der Waals surface area contributed by atoms with Gasteiger partial charge < -0.3 is 14.8 Å². The van der Waals surface area contributed by atoms with Crippen LogP contribution in [0.4, 0.5) is 4.39 Å². The standard InChI is InChI=1S/C13H15BrFNO3/c1-13(2)18-7-9(19-13)6-16-12(17)8-3-4-10(14)11(15)5-8/h3-5,9H,6-7H2,1-2H3,(H,16,17). The van der Waals surface area contributed by atoms with Crippen LogP contribution in [0.5, 0.6) is 0 Å². The highest BCUT2D eigenvalue weighted by molar-refractivity contribution is 9.10. The summed E-state index contributed by atoms with van der Waals surface area (Å²) in [7, 11) is 0. The van der Waals surface area contributed by atoms with Crippen molar-refractivity contribution in [2.45, 2.75) is 25.7 Å². The van der Waals surface area contributed by atoms with Gasteiger partial charge in [0.25, 0.3) is 5.91 Å². The van der Waals surface area contributed by atoms with Gasteiger partial charge in [0.1, 0.15) is 11.9 Å². The molecule has 1 aromatic carbocycles. The molecule has 1 aliphatic rings. The van der Waals surface area contributed by atoms with Crippen molar-refractivity contribution in [2.75, 3.05) is 13.2 Å². The molecule has 6 heteroatoms. The van der Waals surface area contributed by atoms with E-state index in [0.717, 1.165) is 0 Å². The summed E-state index contributed by atoms with van der Waals surface area (Å²) in [4.78, 5) is 11.8. The average Bonchev–Trinajstić information content (AvgIpc) is 2.69. The number of carbonyl (C=O) groups excluding carboxylic acids is 1. The second-order valence-corrected chi connectivity index (χ2v) is 5.64. The fourth-order valence-electron chi connectivity index (χ4n) is 1.81. The Hall–Kier alpha value is -0.980. The normalized spacial score (nSPS) is 21.4. The van der Waals surface area contributed by atoms with E-state index in [0.29, 0.717) is 17.6 Å². The predicted octanol–water partition coefficient (Wildman–Crippen LogP) is 2.47. The van der Waals surface area contributed by atoms with Crippen molar-refractivity contribution in [1.82, 2.24) is 5.32 Å². The van der Waals surface area contributed by atoms with Gasteiger partial charge in [0.15, 0.2) is 5.79 Å². The molecule has 19 heavy (non-hydrogen) atoms. The molecule has 1 atom stereocenters. The number of ether oxygens (including phenoxy) is 2. The number of benzene rings is 1. The van der Waals surface area contributed by atoms with Crippen LogP contribution in [0.1, 0.15) is 24.2 Å². The first-order valence-corrected chi connectivity index (χ1v) is 6.72. The molecule has 0 bridgehead atoms. The summed E-state index contributed by atoms with van der Waals surface area (Å²) < 4.78 is 24.6. The number of rotatable bonds is 3. The summed E-state index contributed by atoms with van der Waals surface area (Å²) in [6, 6.07) is 4.25. The van der Waals surface area contributed by atoms with E-state index >= 15 is 0 Å². The SMILES string of the molecule is CC1(C)OCC(CNC(=O)c2ccc(Br)c(F)c2)O1. The molecule has 0 radical (unpaired) electrons. The Morgan fingerprint density at radius 3 is 2.89 bits per heavy atom. The molecule has 1 amide bonds. The Bertz CT molecular complexity index is 493. The van der Waals surface area contributed by atoms with Crippen molar-refractivity contribution in [3.8, 4) is 0 Å². The third-order valence-electron chi connectivity index (χ3n) is 2.74. The molecule has 1 aliphatic heterocycles. The number of amides is 1. The second-order valence-electron chi connectivity index (χ2n) is 4.79. The molecule has 0 saturated carbocycles. The van der Waals surface area contributed by atoms with Gasteiger partial charge in [0.2, 0.25) is 0 Å². The lowest BCUT2D eigenvalue weighted by Crippen LogP contribution is -2.34. The molecule has 0 spiro atoms. The molecular weight excluding hydrogens is 317 g/mol. The summed E-state index contributed by atoms with van der Waals surface area (Å²) in [5, 5.41) is 2.70. The topological polar surface area (TPSA) is 47.6 Å². The number of hydrogen-bond donors (Lipinski definition) is 1. The summed E-state index contributed by atoms with van der Waals surface area (Å²) in [6.45, 7) is 4.40. The number of nitrogens with one attached hydrogen (secondary N) is 1. The average molecular weight is 332 g/mol. The van der Waals surface area contributed by atoms with Crippen LogP contribution in [0, 0.1) is 5.82 Å². The first kappa shape index (κ1) is 14.4. The zero-order valence-corrected chi connectivity index (χ0v) is 12.3. The monoisotopic (exact) mass is 331 g/mol. The van der Waals surface area contributed by atoms with Crippen LogP contribution in [0.15, 0.2) is 22.7 Å². The number of halogens is 2. The Kier molecular flexibility index (Phi) is 4.23. The Balaban J connectivity index is 1.89. The molecule has 2 rings (SSSR count). The van der Waals surface area contributed by atoms with Crippen molar-refractivity contribution in [3.63, 3.8) is 0 Å². The zero-order valence-electron chi connectivity index (χ0n) is 10.7. The summed E-state index contributed by atoms with van der Waals surface area (Å²) in [5.74, 6) is -1.41. The third-order valence-corrected chi connectivity index (χ3v) is 3.38. The predicted molar refractivity (Wildman–Crippen MR) is 71.3 cm³/mol. The van der Waals surface area contributed by atoms with Gasteiger partial charge in [0, 0.05) is 12.1 Å². The molecule has 0 aliphatic carbocycles. The van der Waals surface area contributed by atoms with E-state index in [2.05, 4.69) is 21.2 Å². The van der Waals surface area contributed by atoms with Crippen LogP contribution in [0.3, 0.4) is 0 Å². The van der Waals surface area contributed by atoms with Gasteiger partial charge in [-0.15, -0.1) is 0 Å². The molecule has 1 saturated heterocycles. The second kappa shape index (κ2) is 5.56. The van der Waals surface area contributed by atoms with Gasteiger partial charge in [-0.2, -0.15) is 0 Å². The molecule has 1 N–H and O–H groups in total. The fourth-order valence-corrected chi connectivity index (χ4v) is 2.06. The van der Waals surface area contributed by atoms with Crippen molar-refractivity contribution >= 4 is 21.8 Å². The highest BCUT2D eigenvalue weighted by atomic mass is 79.9. The van der Waals surface area contributed by atoms with Gasteiger partial charge in [-0.1, -0.05) is 0 Å². The lowest BCUT2D eigenvalue weighted by atomic mass is 10.2. The minimum atomic E-state index is -0.612. The van der Waals surface area contributed by atoms with E-state index in [1.165, 1.54) is 12.1 Å². The maximum absolute atomic E-state index is 13.3. The Morgan fingerprint density at radius 1 is 1.58 bits per heavy atom. The molecular formula is C13H15BrFNO3. The fraction of sp³-hybridized carbons (Fsp3) is 0.462. The molecule has 1 heterocycles. The van der Waals surface area contributed by atoms with Gasteiger partial charge in [-0.05, 0) is 48.0 Å². The van der Waals surface area contributed by atoms with Crippen molar-refractivity contribution in [2.24, 2.45) is 0 Å². The van der Waals surface area contributed by atoms with Crippen molar-refractivity contribution < 1.29 is 18.7 Å². The van der Waals surface area contributed by atoms with Crippen LogP contribution < -0.4 is 5.32 Å². The third kappa shape index (κ3) is 3.75. The maximum Gasteiger partial charge on any atom is 0.251 e. The Labute approximate surface area is 119 Å². The van der Waals surface area contributed by atoms with E-state index in [9.17, 15) is 9.18 Å². The highest BCUT2D eigenvalue weighted by Crippen LogP contribution is 2.22. The lowest BCUT2D eigenvalue weighted by molar-refractivity contribution is -0.137. The maximum atomic E-state index is 13.3. The van der Waals surface area contributed by atoms with E-state index in [4.69, 9.17) is 9.47 Å². The minimum absolute atomic E-state index is 0.181. The summed E-state index contributed by atoms with van der Waals surface area (Å²) in [5.41, 5.74) is 0.277. The van der Waals surface area contributed by atoms with Crippen LogP contribution in [-0.4, -0.2) is 30.9 Å². The van der Waals surface area contributed by atoms with Crippen LogP contribution in [-0.2, 0) is 9.47 Å². The molecule has 1 aromatic rings. The van der Waals surface area contributed by atoms with Crippen LogP contribution in [0.25, 0.3) is 0 Å². The van der Waals surface area contributed by atoms with Gasteiger partial charge in [-0.3, -0.25) is 4.79 Å². The Morgan fingerprint density at radius 2 is 2.32 bits per heavy atom. The van der Waals surface area contributed by atoms with Gasteiger partial charge in [-0.25, -0.2) is 4.39 Å². The zero-order chi connectivity index (χ0) is 14.0.